The molecule has 2 rings (SSSR count). The van der Waals surface area contributed by atoms with Crippen molar-refractivity contribution in [3.63, 3.8) is 0 Å². The molecule has 5 heteroatoms. The van der Waals surface area contributed by atoms with Gasteiger partial charge in [-0.3, -0.25) is 4.98 Å². The number of nitrogens with zero attached hydrogens (tertiary/aromatic N) is 1. The molecule has 0 aliphatic heterocycles. The van der Waals surface area contributed by atoms with Crippen LogP contribution in [0.15, 0.2) is 30.3 Å². The summed E-state index contributed by atoms with van der Waals surface area (Å²) < 4.78 is 23.7. The van der Waals surface area contributed by atoms with E-state index in [1.165, 1.54) is 18.2 Å². The van der Waals surface area contributed by atoms with Gasteiger partial charge < -0.3 is 15.2 Å². The van der Waals surface area contributed by atoms with Crippen LogP contribution in [0.1, 0.15) is 11.4 Å². The van der Waals surface area contributed by atoms with E-state index < -0.39 is 0 Å². The molecule has 0 atom stereocenters. The second kappa shape index (κ2) is 5.56. The summed E-state index contributed by atoms with van der Waals surface area (Å²) >= 11 is 0. The van der Waals surface area contributed by atoms with Crippen LogP contribution in [0.25, 0.3) is 0 Å². The van der Waals surface area contributed by atoms with Crippen molar-refractivity contribution >= 4 is 5.69 Å². The third-order valence-electron chi connectivity index (χ3n) is 2.57. The maximum absolute atomic E-state index is 13.1. The first-order chi connectivity index (χ1) is 9.08. The molecule has 1 aromatic carbocycles. The number of nitrogens with two attached hydrogens (primary N) is 1. The molecule has 0 spiro atoms. The van der Waals surface area contributed by atoms with E-state index in [0.29, 0.717) is 22.9 Å². The maximum atomic E-state index is 13.1. The van der Waals surface area contributed by atoms with Crippen molar-refractivity contribution in [2.45, 2.75) is 13.5 Å². The molecule has 2 aromatic rings. The number of anilines is 1. The number of pyridine rings is 1. The van der Waals surface area contributed by atoms with Crippen LogP contribution in [0.3, 0.4) is 0 Å². The monoisotopic (exact) mass is 262 g/mol. The lowest BCUT2D eigenvalue weighted by atomic mass is 10.3. The molecule has 0 saturated heterocycles. The number of rotatable bonds is 4. The number of hydrogen-bond acceptors (Lipinski definition) is 4. The SMILES string of the molecule is COc1cc(C)nc(COc2cc(F)ccc2N)c1. The number of hydrogen-bond donors (Lipinski definition) is 1. The number of aryl methyl sites for hydroxylation is 1. The molecule has 0 saturated carbocycles. The van der Waals surface area contributed by atoms with Gasteiger partial charge in [0, 0.05) is 23.9 Å². The Morgan fingerprint density at radius 2 is 2.05 bits per heavy atom. The molecule has 0 fully saturated rings. The summed E-state index contributed by atoms with van der Waals surface area (Å²) in [4.78, 5) is 4.31. The minimum atomic E-state index is -0.390. The van der Waals surface area contributed by atoms with E-state index in [1.807, 2.05) is 13.0 Å². The number of methoxy groups -OCH3 is 1. The molecule has 19 heavy (non-hydrogen) atoms. The predicted octanol–water partition coefficient (Wildman–Crippen LogP) is 2.70. The van der Waals surface area contributed by atoms with Gasteiger partial charge in [-0.05, 0) is 19.1 Å². The van der Waals surface area contributed by atoms with Gasteiger partial charge in [-0.2, -0.15) is 0 Å². The summed E-state index contributed by atoms with van der Waals surface area (Å²) in [6.07, 6.45) is 0. The van der Waals surface area contributed by atoms with Gasteiger partial charge in [0.1, 0.15) is 23.9 Å². The molecule has 4 nitrogen and oxygen atoms in total. The van der Waals surface area contributed by atoms with Crippen LogP contribution in [0, 0.1) is 12.7 Å². The van der Waals surface area contributed by atoms with Crippen molar-refractivity contribution < 1.29 is 13.9 Å². The quantitative estimate of drug-likeness (QED) is 0.861. The Morgan fingerprint density at radius 1 is 1.26 bits per heavy atom. The van der Waals surface area contributed by atoms with Gasteiger partial charge in [-0.1, -0.05) is 0 Å². The summed E-state index contributed by atoms with van der Waals surface area (Å²) in [5.74, 6) is 0.625. The molecular weight excluding hydrogens is 247 g/mol. The smallest absolute Gasteiger partial charge is 0.145 e. The summed E-state index contributed by atoms with van der Waals surface area (Å²) in [5, 5.41) is 0. The molecule has 1 heterocycles. The fourth-order valence-electron chi connectivity index (χ4n) is 1.68. The van der Waals surface area contributed by atoms with E-state index in [2.05, 4.69) is 4.98 Å². The zero-order valence-corrected chi connectivity index (χ0v) is 10.8. The largest absolute Gasteiger partial charge is 0.497 e. The van der Waals surface area contributed by atoms with Crippen molar-refractivity contribution in [2.75, 3.05) is 12.8 Å². The number of nitrogen functional groups attached to an aromatic ring is 1. The Bertz CT molecular complexity index is 588. The van der Waals surface area contributed by atoms with Gasteiger partial charge in [-0.15, -0.1) is 0 Å². The minimum Gasteiger partial charge on any atom is -0.497 e. The summed E-state index contributed by atoms with van der Waals surface area (Å²) in [6.45, 7) is 2.06. The van der Waals surface area contributed by atoms with Crippen molar-refractivity contribution in [3.8, 4) is 11.5 Å². The van der Waals surface area contributed by atoms with Gasteiger partial charge in [0.05, 0.1) is 18.5 Å². The third kappa shape index (κ3) is 3.34. The Morgan fingerprint density at radius 3 is 2.79 bits per heavy atom. The van der Waals surface area contributed by atoms with Crippen molar-refractivity contribution in [2.24, 2.45) is 0 Å². The van der Waals surface area contributed by atoms with Crippen molar-refractivity contribution in [1.82, 2.24) is 4.98 Å². The molecule has 100 valence electrons. The Balaban J connectivity index is 2.14. The van der Waals surface area contributed by atoms with Gasteiger partial charge >= 0.3 is 0 Å². The van der Waals surface area contributed by atoms with Gasteiger partial charge in [-0.25, -0.2) is 4.39 Å². The fraction of sp³-hybridized carbons (Fsp3) is 0.214. The summed E-state index contributed by atoms with van der Waals surface area (Å²) in [6, 6.07) is 7.59. The molecule has 0 radical (unpaired) electrons. The molecule has 0 unspecified atom stereocenters. The van der Waals surface area contributed by atoms with Crippen LogP contribution in [-0.2, 0) is 6.61 Å². The van der Waals surface area contributed by atoms with Crippen LogP contribution in [-0.4, -0.2) is 12.1 Å². The average Bonchev–Trinajstić information content (AvgIpc) is 2.39. The summed E-state index contributed by atoms with van der Waals surface area (Å²) in [7, 11) is 1.59. The highest BCUT2D eigenvalue weighted by Gasteiger charge is 2.05. The zero-order chi connectivity index (χ0) is 13.8. The highest BCUT2D eigenvalue weighted by molar-refractivity contribution is 5.52. The van der Waals surface area contributed by atoms with Gasteiger partial charge in [0.25, 0.3) is 0 Å². The summed E-state index contributed by atoms with van der Waals surface area (Å²) in [5.41, 5.74) is 7.61. The first-order valence-corrected chi connectivity index (χ1v) is 5.78. The lowest BCUT2D eigenvalue weighted by molar-refractivity contribution is 0.300. The lowest BCUT2D eigenvalue weighted by Gasteiger charge is -2.10. The fourth-order valence-corrected chi connectivity index (χ4v) is 1.68. The molecule has 2 N–H and O–H groups in total. The van der Waals surface area contributed by atoms with Crippen LogP contribution in [0.4, 0.5) is 10.1 Å². The van der Waals surface area contributed by atoms with Crippen molar-refractivity contribution in [3.05, 3.63) is 47.5 Å². The van der Waals surface area contributed by atoms with Crippen molar-refractivity contribution in [1.29, 1.82) is 0 Å². The highest BCUT2D eigenvalue weighted by Crippen LogP contribution is 2.23. The zero-order valence-electron chi connectivity index (χ0n) is 10.8. The van der Waals surface area contributed by atoms with Crippen LogP contribution in [0.2, 0.25) is 0 Å². The Hall–Kier alpha value is -2.30. The van der Waals surface area contributed by atoms with E-state index in [4.69, 9.17) is 15.2 Å². The molecular formula is C14H15FN2O2. The van der Waals surface area contributed by atoms with E-state index >= 15 is 0 Å². The van der Waals surface area contributed by atoms with Crippen LogP contribution in [0.5, 0.6) is 11.5 Å². The second-order valence-electron chi connectivity index (χ2n) is 4.11. The molecule has 0 amide bonds. The predicted molar refractivity (Wildman–Crippen MR) is 70.7 cm³/mol. The molecule has 1 aromatic heterocycles. The molecule has 0 aliphatic carbocycles. The average molecular weight is 262 g/mol. The van der Waals surface area contributed by atoms with Crippen LogP contribution < -0.4 is 15.2 Å². The third-order valence-corrected chi connectivity index (χ3v) is 2.57. The standard InChI is InChI=1S/C14H15FN2O2/c1-9-5-12(18-2)7-11(17-9)8-19-14-6-10(15)3-4-13(14)16/h3-7H,8,16H2,1-2H3. The first kappa shape index (κ1) is 13.1. The second-order valence-corrected chi connectivity index (χ2v) is 4.11. The Labute approximate surface area is 111 Å². The van der Waals surface area contributed by atoms with E-state index in [-0.39, 0.29) is 12.4 Å². The lowest BCUT2D eigenvalue weighted by Crippen LogP contribution is -2.02. The van der Waals surface area contributed by atoms with Gasteiger partial charge in [0.15, 0.2) is 0 Å². The molecule has 0 aliphatic rings. The Kier molecular flexibility index (Phi) is 3.85. The minimum absolute atomic E-state index is 0.200. The number of benzene rings is 1. The normalized spacial score (nSPS) is 10.3. The van der Waals surface area contributed by atoms with E-state index in [9.17, 15) is 4.39 Å². The first-order valence-electron chi connectivity index (χ1n) is 5.78. The van der Waals surface area contributed by atoms with E-state index in [0.717, 1.165) is 5.69 Å². The topological polar surface area (TPSA) is 57.4 Å². The maximum Gasteiger partial charge on any atom is 0.145 e. The number of aromatic nitrogens is 1. The van der Waals surface area contributed by atoms with Gasteiger partial charge in [0.2, 0.25) is 0 Å². The van der Waals surface area contributed by atoms with Crippen LogP contribution >= 0.6 is 0 Å². The number of ether oxygens (including phenoxy) is 2. The highest BCUT2D eigenvalue weighted by atomic mass is 19.1. The van der Waals surface area contributed by atoms with E-state index in [1.54, 1.807) is 13.2 Å². The molecule has 0 bridgehead atoms. The number of halogens is 1.